The first-order chi connectivity index (χ1) is 9.06. The average molecular weight is 255 g/mol. The van der Waals surface area contributed by atoms with Crippen molar-refractivity contribution in [2.75, 3.05) is 5.32 Å². The van der Waals surface area contributed by atoms with E-state index < -0.39 is 0 Å². The molecule has 2 N–H and O–H groups in total. The molecule has 3 heteroatoms. The molecule has 3 nitrogen and oxygen atoms in total. The molecule has 0 aliphatic heterocycles. The van der Waals surface area contributed by atoms with Crippen LogP contribution in [0, 0.1) is 13.8 Å². The minimum Gasteiger partial charge on any atom is -0.508 e. The average Bonchev–Trinajstić information content (AvgIpc) is 2.36. The van der Waals surface area contributed by atoms with Gasteiger partial charge in [0.2, 0.25) is 5.91 Å². The van der Waals surface area contributed by atoms with Crippen LogP contribution in [0.25, 0.3) is 0 Å². The number of phenolic OH excluding ortho intramolecular Hbond substituents is 1. The van der Waals surface area contributed by atoms with Crippen molar-refractivity contribution in [1.82, 2.24) is 0 Å². The fraction of sp³-hybridized carbons (Fsp3) is 0.188. The molecular weight excluding hydrogens is 238 g/mol. The molecule has 2 rings (SSSR count). The Bertz CT molecular complexity index is 605. The minimum atomic E-state index is -0.0527. The lowest BCUT2D eigenvalue weighted by Crippen LogP contribution is -2.15. The topological polar surface area (TPSA) is 49.3 Å². The summed E-state index contributed by atoms with van der Waals surface area (Å²) in [5.41, 5.74) is 3.71. The summed E-state index contributed by atoms with van der Waals surface area (Å²) in [7, 11) is 0. The molecule has 0 fully saturated rings. The summed E-state index contributed by atoms with van der Waals surface area (Å²) in [6.07, 6.45) is 0.354. The largest absolute Gasteiger partial charge is 0.508 e. The van der Waals surface area contributed by atoms with Gasteiger partial charge in [0.05, 0.1) is 6.42 Å². The van der Waals surface area contributed by atoms with Crippen LogP contribution in [0.4, 0.5) is 5.69 Å². The highest BCUT2D eigenvalue weighted by Gasteiger charge is 2.07. The number of phenols is 1. The maximum absolute atomic E-state index is 12.0. The third kappa shape index (κ3) is 3.35. The van der Waals surface area contributed by atoms with Gasteiger partial charge < -0.3 is 10.4 Å². The number of aromatic hydroxyl groups is 1. The molecule has 0 aromatic heterocycles. The van der Waals surface area contributed by atoms with Crippen LogP contribution in [0.3, 0.4) is 0 Å². The maximum Gasteiger partial charge on any atom is 0.228 e. The van der Waals surface area contributed by atoms with E-state index in [-0.39, 0.29) is 11.7 Å². The van der Waals surface area contributed by atoms with Crippen molar-refractivity contribution in [3.8, 4) is 5.75 Å². The summed E-state index contributed by atoms with van der Waals surface area (Å²) in [6, 6.07) is 12.7. The molecule has 2 aromatic rings. The van der Waals surface area contributed by atoms with E-state index >= 15 is 0 Å². The van der Waals surface area contributed by atoms with Crippen molar-refractivity contribution in [3.05, 3.63) is 59.2 Å². The number of hydrogen-bond acceptors (Lipinski definition) is 2. The summed E-state index contributed by atoms with van der Waals surface area (Å²) in [5.74, 6) is 0.150. The van der Waals surface area contributed by atoms with Crippen LogP contribution in [0.15, 0.2) is 42.5 Å². The molecule has 0 bridgehead atoms. The Morgan fingerprint density at radius 2 is 1.84 bits per heavy atom. The van der Waals surface area contributed by atoms with Crippen LogP contribution in [0.2, 0.25) is 0 Å². The SMILES string of the molecule is Cc1ccccc1CC(=O)Nc1ccc(O)cc1C. The number of amides is 1. The van der Waals surface area contributed by atoms with E-state index in [0.29, 0.717) is 6.42 Å². The smallest absolute Gasteiger partial charge is 0.228 e. The lowest BCUT2D eigenvalue weighted by atomic mass is 10.1. The minimum absolute atomic E-state index is 0.0527. The van der Waals surface area contributed by atoms with Crippen molar-refractivity contribution in [2.24, 2.45) is 0 Å². The van der Waals surface area contributed by atoms with Gasteiger partial charge in [-0.1, -0.05) is 24.3 Å². The van der Waals surface area contributed by atoms with Crippen LogP contribution >= 0.6 is 0 Å². The van der Waals surface area contributed by atoms with Gasteiger partial charge in [0.25, 0.3) is 0 Å². The summed E-state index contributed by atoms with van der Waals surface area (Å²) in [6.45, 7) is 3.84. The molecule has 0 heterocycles. The van der Waals surface area contributed by atoms with Gasteiger partial charge in [0, 0.05) is 5.69 Å². The Hall–Kier alpha value is -2.29. The third-order valence-electron chi connectivity index (χ3n) is 3.10. The number of rotatable bonds is 3. The molecule has 0 aliphatic carbocycles. The van der Waals surface area contributed by atoms with E-state index in [1.807, 2.05) is 38.1 Å². The highest BCUT2D eigenvalue weighted by molar-refractivity contribution is 5.93. The predicted octanol–water partition coefficient (Wildman–Crippen LogP) is 3.19. The number of nitrogens with one attached hydrogen (secondary N) is 1. The van der Waals surface area contributed by atoms with E-state index in [0.717, 1.165) is 22.4 Å². The van der Waals surface area contributed by atoms with E-state index in [1.54, 1.807) is 18.2 Å². The summed E-state index contributed by atoms with van der Waals surface area (Å²) >= 11 is 0. The van der Waals surface area contributed by atoms with Gasteiger partial charge in [-0.2, -0.15) is 0 Å². The van der Waals surface area contributed by atoms with Gasteiger partial charge in [-0.05, 0) is 48.7 Å². The number of anilines is 1. The molecule has 0 atom stereocenters. The molecule has 2 aromatic carbocycles. The van der Waals surface area contributed by atoms with Crippen LogP contribution in [-0.2, 0) is 11.2 Å². The van der Waals surface area contributed by atoms with Gasteiger partial charge in [-0.25, -0.2) is 0 Å². The van der Waals surface area contributed by atoms with Gasteiger partial charge in [0.15, 0.2) is 0 Å². The van der Waals surface area contributed by atoms with Crippen LogP contribution < -0.4 is 5.32 Å². The number of aryl methyl sites for hydroxylation is 2. The molecule has 0 aliphatic rings. The molecule has 19 heavy (non-hydrogen) atoms. The first-order valence-electron chi connectivity index (χ1n) is 6.20. The predicted molar refractivity (Wildman–Crippen MR) is 76.4 cm³/mol. The van der Waals surface area contributed by atoms with E-state index in [1.165, 1.54) is 0 Å². The van der Waals surface area contributed by atoms with E-state index in [2.05, 4.69) is 5.32 Å². The molecule has 0 saturated carbocycles. The summed E-state index contributed by atoms with van der Waals surface area (Å²) in [4.78, 5) is 12.0. The highest BCUT2D eigenvalue weighted by Crippen LogP contribution is 2.20. The van der Waals surface area contributed by atoms with Crippen molar-refractivity contribution in [1.29, 1.82) is 0 Å². The number of benzene rings is 2. The van der Waals surface area contributed by atoms with E-state index in [9.17, 15) is 9.90 Å². The standard InChI is InChI=1S/C16H17NO2/c1-11-5-3-4-6-13(11)10-16(19)17-15-8-7-14(18)9-12(15)2/h3-9,18H,10H2,1-2H3,(H,17,19). The number of carbonyl (C=O) groups excluding carboxylic acids is 1. The lowest BCUT2D eigenvalue weighted by Gasteiger charge is -2.10. The normalized spacial score (nSPS) is 10.2. The zero-order chi connectivity index (χ0) is 13.8. The van der Waals surface area contributed by atoms with E-state index in [4.69, 9.17) is 0 Å². The van der Waals surface area contributed by atoms with Crippen molar-refractivity contribution in [2.45, 2.75) is 20.3 Å². The molecule has 0 spiro atoms. The summed E-state index contributed by atoms with van der Waals surface area (Å²) in [5, 5.41) is 12.2. The Morgan fingerprint density at radius 1 is 1.11 bits per heavy atom. The van der Waals surface area contributed by atoms with Gasteiger partial charge in [0.1, 0.15) is 5.75 Å². The fourth-order valence-corrected chi connectivity index (χ4v) is 1.96. The van der Waals surface area contributed by atoms with Crippen LogP contribution in [0.1, 0.15) is 16.7 Å². The third-order valence-corrected chi connectivity index (χ3v) is 3.10. The number of carbonyl (C=O) groups is 1. The molecule has 0 saturated heterocycles. The quantitative estimate of drug-likeness (QED) is 0.827. The first kappa shape index (κ1) is 13.1. The van der Waals surface area contributed by atoms with Crippen molar-refractivity contribution >= 4 is 11.6 Å². The Kier molecular flexibility index (Phi) is 3.85. The zero-order valence-corrected chi connectivity index (χ0v) is 11.1. The lowest BCUT2D eigenvalue weighted by molar-refractivity contribution is -0.115. The zero-order valence-electron chi connectivity index (χ0n) is 11.1. The molecule has 0 unspecified atom stereocenters. The maximum atomic E-state index is 12.0. The van der Waals surface area contributed by atoms with Crippen LogP contribution in [-0.4, -0.2) is 11.0 Å². The fourth-order valence-electron chi connectivity index (χ4n) is 1.96. The highest BCUT2D eigenvalue weighted by atomic mass is 16.3. The van der Waals surface area contributed by atoms with Gasteiger partial charge in [-0.15, -0.1) is 0 Å². The molecular formula is C16H17NO2. The Morgan fingerprint density at radius 3 is 2.53 bits per heavy atom. The summed E-state index contributed by atoms with van der Waals surface area (Å²) < 4.78 is 0. The first-order valence-corrected chi connectivity index (χ1v) is 6.20. The van der Waals surface area contributed by atoms with Crippen LogP contribution in [0.5, 0.6) is 5.75 Å². The molecule has 98 valence electrons. The van der Waals surface area contributed by atoms with Gasteiger partial charge >= 0.3 is 0 Å². The second kappa shape index (κ2) is 5.57. The number of hydrogen-bond donors (Lipinski definition) is 2. The molecule has 0 radical (unpaired) electrons. The Balaban J connectivity index is 2.08. The Labute approximate surface area is 112 Å². The second-order valence-electron chi connectivity index (χ2n) is 4.65. The second-order valence-corrected chi connectivity index (χ2v) is 4.65. The van der Waals surface area contributed by atoms with Crippen molar-refractivity contribution in [3.63, 3.8) is 0 Å². The van der Waals surface area contributed by atoms with Crippen molar-refractivity contribution < 1.29 is 9.90 Å². The van der Waals surface area contributed by atoms with Gasteiger partial charge in [-0.3, -0.25) is 4.79 Å². The molecule has 1 amide bonds. The monoisotopic (exact) mass is 255 g/mol.